The largest absolute Gasteiger partial charge is 0.352 e. The number of amides is 2. The summed E-state index contributed by atoms with van der Waals surface area (Å²) < 4.78 is 0. The molecular weight excluding hydrogens is 230 g/mol. The van der Waals surface area contributed by atoms with E-state index in [1.54, 1.807) is 0 Å². The van der Waals surface area contributed by atoms with E-state index in [-0.39, 0.29) is 23.4 Å². The molecule has 0 aromatic carbocycles. The van der Waals surface area contributed by atoms with Gasteiger partial charge in [-0.05, 0) is 32.6 Å². The Kier molecular flexibility index (Phi) is 3.90. The van der Waals surface area contributed by atoms with Crippen LogP contribution in [0.2, 0.25) is 0 Å². The SMILES string of the molecule is CC(CN1CCCC1=O)NC(=O)CC1(N)CCC1. The highest BCUT2D eigenvalue weighted by Crippen LogP contribution is 2.31. The lowest BCUT2D eigenvalue weighted by atomic mass is 9.75. The quantitative estimate of drug-likeness (QED) is 0.744. The molecule has 2 fully saturated rings. The lowest BCUT2D eigenvalue weighted by Gasteiger charge is -2.37. The van der Waals surface area contributed by atoms with Gasteiger partial charge in [-0.1, -0.05) is 0 Å². The summed E-state index contributed by atoms with van der Waals surface area (Å²) in [4.78, 5) is 25.1. The Hall–Kier alpha value is -1.10. The van der Waals surface area contributed by atoms with E-state index in [1.165, 1.54) is 0 Å². The summed E-state index contributed by atoms with van der Waals surface area (Å²) in [6.07, 6.45) is 5.00. The average molecular weight is 253 g/mol. The lowest BCUT2D eigenvalue weighted by molar-refractivity contribution is -0.129. The third kappa shape index (κ3) is 3.22. The summed E-state index contributed by atoms with van der Waals surface area (Å²) in [6, 6.07) is 0.00299. The van der Waals surface area contributed by atoms with Gasteiger partial charge in [0.25, 0.3) is 0 Å². The van der Waals surface area contributed by atoms with Crippen molar-refractivity contribution in [2.24, 2.45) is 5.73 Å². The molecule has 0 aromatic rings. The minimum absolute atomic E-state index is 0.00299. The molecule has 1 aliphatic heterocycles. The zero-order chi connectivity index (χ0) is 13.2. The molecule has 2 rings (SSSR count). The van der Waals surface area contributed by atoms with Crippen LogP contribution in [0.1, 0.15) is 45.4 Å². The molecule has 102 valence electrons. The number of carbonyl (C=O) groups is 2. The highest BCUT2D eigenvalue weighted by atomic mass is 16.2. The summed E-state index contributed by atoms with van der Waals surface area (Å²) >= 11 is 0. The van der Waals surface area contributed by atoms with Crippen molar-refractivity contribution < 1.29 is 9.59 Å². The van der Waals surface area contributed by atoms with Gasteiger partial charge in [-0.2, -0.15) is 0 Å². The summed E-state index contributed by atoms with van der Waals surface area (Å²) in [7, 11) is 0. The van der Waals surface area contributed by atoms with Crippen molar-refractivity contribution in [3.05, 3.63) is 0 Å². The van der Waals surface area contributed by atoms with Gasteiger partial charge in [-0.15, -0.1) is 0 Å². The fraction of sp³-hybridized carbons (Fsp3) is 0.846. The fourth-order valence-electron chi connectivity index (χ4n) is 2.73. The van der Waals surface area contributed by atoms with E-state index in [2.05, 4.69) is 5.32 Å². The van der Waals surface area contributed by atoms with Gasteiger partial charge < -0.3 is 16.0 Å². The molecule has 0 radical (unpaired) electrons. The van der Waals surface area contributed by atoms with Gasteiger partial charge in [0, 0.05) is 37.5 Å². The average Bonchev–Trinajstić information content (AvgIpc) is 2.61. The Bertz CT molecular complexity index is 339. The van der Waals surface area contributed by atoms with E-state index in [1.807, 2.05) is 11.8 Å². The van der Waals surface area contributed by atoms with E-state index in [0.717, 1.165) is 32.2 Å². The normalized spacial score (nSPS) is 23.7. The van der Waals surface area contributed by atoms with Crippen molar-refractivity contribution in [3.63, 3.8) is 0 Å². The third-order valence-corrected chi connectivity index (χ3v) is 3.93. The minimum atomic E-state index is -0.271. The molecule has 1 unspecified atom stereocenters. The highest BCUT2D eigenvalue weighted by Gasteiger charge is 2.35. The van der Waals surface area contributed by atoms with E-state index in [9.17, 15) is 9.59 Å². The van der Waals surface area contributed by atoms with Crippen molar-refractivity contribution in [2.75, 3.05) is 13.1 Å². The Morgan fingerprint density at radius 3 is 2.72 bits per heavy atom. The van der Waals surface area contributed by atoms with Crippen LogP contribution < -0.4 is 11.1 Å². The van der Waals surface area contributed by atoms with E-state index >= 15 is 0 Å². The number of hydrogen-bond acceptors (Lipinski definition) is 3. The van der Waals surface area contributed by atoms with E-state index < -0.39 is 0 Å². The number of nitrogens with zero attached hydrogens (tertiary/aromatic N) is 1. The van der Waals surface area contributed by atoms with Gasteiger partial charge in [0.15, 0.2) is 0 Å². The second-order valence-corrected chi connectivity index (χ2v) is 5.80. The van der Waals surface area contributed by atoms with Crippen LogP contribution in [0, 0.1) is 0 Å². The first-order valence-electron chi connectivity index (χ1n) is 6.85. The number of hydrogen-bond donors (Lipinski definition) is 2. The number of nitrogens with one attached hydrogen (secondary N) is 1. The van der Waals surface area contributed by atoms with Crippen LogP contribution in [0.5, 0.6) is 0 Å². The van der Waals surface area contributed by atoms with Gasteiger partial charge in [-0.3, -0.25) is 9.59 Å². The summed E-state index contributed by atoms with van der Waals surface area (Å²) in [5, 5.41) is 2.94. The summed E-state index contributed by atoms with van der Waals surface area (Å²) in [5.41, 5.74) is 5.77. The van der Waals surface area contributed by atoms with Gasteiger partial charge in [0.1, 0.15) is 0 Å². The third-order valence-electron chi connectivity index (χ3n) is 3.93. The molecule has 0 aromatic heterocycles. The Labute approximate surface area is 108 Å². The zero-order valence-electron chi connectivity index (χ0n) is 11.1. The molecular formula is C13H23N3O2. The van der Waals surface area contributed by atoms with Gasteiger partial charge in [0.2, 0.25) is 11.8 Å². The molecule has 3 N–H and O–H groups in total. The second kappa shape index (κ2) is 5.26. The Balaban J connectivity index is 1.71. The van der Waals surface area contributed by atoms with Crippen LogP contribution in [0.25, 0.3) is 0 Å². The van der Waals surface area contributed by atoms with Crippen molar-refractivity contribution in [3.8, 4) is 0 Å². The van der Waals surface area contributed by atoms with E-state index in [0.29, 0.717) is 19.4 Å². The molecule has 1 aliphatic carbocycles. The first-order valence-corrected chi connectivity index (χ1v) is 6.85. The number of likely N-dealkylation sites (tertiary alicyclic amines) is 1. The zero-order valence-corrected chi connectivity index (χ0v) is 11.1. The van der Waals surface area contributed by atoms with Gasteiger partial charge in [-0.25, -0.2) is 0 Å². The van der Waals surface area contributed by atoms with Crippen LogP contribution in [0.15, 0.2) is 0 Å². The Morgan fingerprint density at radius 1 is 1.50 bits per heavy atom. The predicted molar refractivity (Wildman–Crippen MR) is 68.8 cm³/mol. The van der Waals surface area contributed by atoms with Crippen molar-refractivity contribution >= 4 is 11.8 Å². The standard InChI is InChI=1S/C13H23N3O2/c1-10(9-16-7-2-4-12(16)18)15-11(17)8-13(14)5-3-6-13/h10H,2-9,14H2,1H3,(H,15,17). The number of rotatable bonds is 5. The molecule has 2 aliphatic rings. The molecule has 0 bridgehead atoms. The number of carbonyl (C=O) groups excluding carboxylic acids is 2. The molecule has 0 spiro atoms. The van der Waals surface area contributed by atoms with E-state index in [4.69, 9.17) is 5.73 Å². The maximum absolute atomic E-state index is 11.8. The lowest BCUT2D eigenvalue weighted by Crippen LogP contribution is -2.51. The molecule has 2 amide bonds. The van der Waals surface area contributed by atoms with Crippen LogP contribution in [0.4, 0.5) is 0 Å². The smallest absolute Gasteiger partial charge is 0.222 e. The van der Waals surface area contributed by atoms with Crippen LogP contribution in [-0.4, -0.2) is 41.4 Å². The first-order chi connectivity index (χ1) is 8.48. The summed E-state index contributed by atoms with van der Waals surface area (Å²) in [5.74, 6) is 0.210. The topological polar surface area (TPSA) is 75.4 Å². The monoisotopic (exact) mass is 253 g/mol. The molecule has 5 nitrogen and oxygen atoms in total. The van der Waals surface area contributed by atoms with Crippen LogP contribution in [-0.2, 0) is 9.59 Å². The highest BCUT2D eigenvalue weighted by molar-refractivity contribution is 5.79. The second-order valence-electron chi connectivity index (χ2n) is 5.80. The molecule has 1 heterocycles. The maximum Gasteiger partial charge on any atom is 0.222 e. The summed E-state index contributed by atoms with van der Waals surface area (Å²) in [6.45, 7) is 3.37. The number of nitrogens with two attached hydrogens (primary N) is 1. The van der Waals surface area contributed by atoms with Gasteiger partial charge >= 0.3 is 0 Å². The van der Waals surface area contributed by atoms with Crippen molar-refractivity contribution in [1.82, 2.24) is 10.2 Å². The predicted octanol–water partition coefficient (Wildman–Crippen LogP) is 0.385. The molecule has 1 saturated carbocycles. The van der Waals surface area contributed by atoms with Crippen LogP contribution >= 0.6 is 0 Å². The molecule has 18 heavy (non-hydrogen) atoms. The Morgan fingerprint density at radius 2 is 2.22 bits per heavy atom. The maximum atomic E-state index is 11.8. The van der Waals surface area contributed by atoms with Crippen molar-refractivity contribution in [2.45, 2.75) is 57.0 Å². The van der Waals surface area contributed by atoms with Crippen molar-refractivity contribution in [1.29, 1.82) is 0 Å². The molecule has 5 heteroatoms. The molecule has 1 atom stereocenters. The minimum Gasteiger partial charge on any atom is -0.352 e. The molecule has 1 saturated heterocycles. The fourth-order valence-corrected chi connectivity index (χ4v) is 2.73. The van der Waals surface area contributed by atoms with Gasteiger partial charge in [0.05, 0.1) is 0 Å². The van der Waals surface area contributed by atoms with Crippen LogP contribution in [0.3, 0.4) is 0 Å². The first kappa shape index (κ1) is 13.3.